The maximum Gasteiger partial charge on any atom is 0.267 e. The van der Waals surface area contributed by atoms with Gasteiger partial charge in [0.2, 0.25) is 0 Å². The Morgan fingerprint density at radius 3 is 2.52 bits per heavy atom. The molecule has 0 N–H and O–H groups in total. The van der Waals surface area contributed by atoms with Gasteiger partial charge in [0.05, 0.1) is 0 Å². The van der Waals surface area contributed by atoms with Crippen molar-refractivity contribution in [1.29, 1.82) is 0 Å². The lowest BCUT2D eigenvalue weighted by atomic mass is 9.74. The summed E-state index contributed by atoms with van der Waals surface area (Å²) in [6.45, 7) is 6.90. The number of rotatable bonds is 3. The van der Waals surface area contributed by atoms with Crippen LogP contribution in [0.2, 0.25) is 0 Å². The summed E-state index contributed by atoms with van der Waals surface area (Å²) in [5.41, 5.74) is 3.75. The molecule has 2 aliphatic heterocycles. The summed E-state index contributed by atoms with van der Waals surface area (Å²) in [6.07, 6.45) is 1.68. The number of carbonyl (C=O) groups is 1. The molecule has 2 aromatic carbocycles. The second-order valence-corrected chi connectivity index (χ2v) is 8.10. The molecule has 1 unspecified atom stereocenters. The third-order valence-electron chi connectivity index (χ3n) is 6.09. The molecule has 4 nitrogen and oxygen atoms in total. The van der Waals surface area contributed by atoms with Gasteiger partial charge in [-0.2, -0.15) is 0 Å². The number of fused-ring (bicyclic) bond motifs is 2. The second-order valence-electron chi connectivity index (χ2n) is 8.10. The van der Waals surface area contributed by atoms with Crippen LogP contribution in [-0.2, 0) is 10.2 Å². The fourth-order valence-corrected chi connectivity index (χ4v) is 4.43. The number of hydrogen-bond donors (Lipinski definition) is 0. The molecule has 4 heteroatoms. The van der Waals surface area contributed by atoms with Gasteiger partial charge in [0.1, 0.15) is 5.75 Å². The van der Waals surface area contributed by atoms with Crippen LogP contribution in [0.1, 0.15) is 30.9 Å². The quantitative estimate of drug-likeness (QED) is 0.831. The number of anilines is 1. The third-order valence-corrected chi connectivity index (χ3v) is 6.09. The number of piperidine rings is 1. The van der Waals surface area contributed by atoms with E-state index < -0.39 is 6.10 Å². The fraction of sp³-hybridized carbons (Fsp3) is 0.435. The van der Waals surface area contributed by atoms with Crippen molar-refractivity contribution in [3.8, 4) is 5.75 Å². The molecule has 4 rings (SSSR count). The van der Waals surface area contributed by atoms with Crippen molar-refractivity contribution in [2.75, 3.05) is 31.6 Å². The Labute approximate surface area is 161 Å². The van der Waals surface area contributed by atoms with Crippen molar-refractivity contribution in [3.63, 3.8) is 0 Å². The van der Waals surface area contributed by atoms with E-state index in [4.69, 9.17) is 4.74 Å². The molecule has 0 saturated carbocycles. The van der Waals surface area contributed by atoms with Gasteiger partial charge in [0.25, 0.3) is 5.91 Å². The minimum atomic E-state index is -0.511. The van der Waals surface area contributed by atoms with Crippen molar-refractivity contribution >= 4 is 11.6 Å². The molecule has 0 radical (unpaired) electrons. The van der Waals surface area contributed by atoms with Gasteiger partial charge in [-0.15, -0.1) is 0 Å². The molecule has 1 fully saturated rings. The van der Waals surface area contributed by atoms with Crippen molar-refractivity contribution < 1.29 is 9.53 Å². The number of carbonyl (C=O) groups excluding carboxylic acids is 1. The summed E-state index contributed by atoms with van der Waals surface area (Å²) in [7, 11) is 2.18. The van der Waals surface area contributed by atoms with Crippen LogP contribution < -0.4 is 9.64 Å². The lowest BCUT2D eigenvalue weighted by Gasteiger charge is -2.38. The average Bonchev–Trinajstić information content (AvgIpc) is 2.98. The molecule has 0 bridgehead atoms. The average molecular weight is 364 g/mol. The van der Waals surface area contributed by atoms with Crippen molar-refractivity contribution in [1.82, 2.24) is 4.90 Å². The van der Waals surface area contributed by atoms with Crippen molar-refractivity contribution in [3.05, 3.63) is 59.7 Å². The number of hydrogen-bond acceptors (Lipinski definition) is 3. The van der Waals surface area contributed by atoms with E-state index in [2.05, 4.69) is 37.1 Å². The first-order valence-electron chi connectivity index (χ1n) is 9.81. The predicted octanol–water partition coefficient (Wildman–Crippen LogP) is 3.77. The molecule has 142 valence electrons. The van der Waals surface area contributed by atoms with E-state index in [9.17, 15) is 4.79 Å². The monoisotopic (exact) mass is 364 g/mol. The van der Waals surface area contributed by atoms with Crippen LogP contribution >= 0.6 is 0 Å². The lowest BCUT2D eigenvalue weighted by molar-refractivity contribution is -0.124. The standard InChI is InChI=1S/C23H28N2O2/c1-17-9-10-21-20(15-17)23(11-13-24(3)14-12-23)16-25(21)22(26)18(2)27-19-7-5-4-6-8-19/h4-10,15,18H,11-14,16H2,1-3H3. The van der Waals surface area contributed by atoms with Crippen LogP contribution in [-0.4, -0.2) is 43.6 Å². The molecule has 1 atom stereocenters. The van der Waals surface area contributed by atoms with Gasteiger partial charge in [-0.3, -0.25) is 4.79 Å². The van der Waals surface area contributed by atoms with Gasteiger partial charge in [0.15, 0.2) is 6.10 Å². The third kappa shape index (κ3) is 3.34. The number of benzene rings is 2. The minimum Gasteiger partial charge on any atom is -0.481 e. The first-order valence-corrected chi connectivity index (χ1v) is 9.81. The highest BCUT2D eigenvalue weighted by Gasteiger charge is 2.46. The highest BCUT2D eigenvalue weighted by molar-refractivity contribution is 5.99. The van der Waals surface area contributed by atoms with Crippen molar-refractivity contribution in [2.24, 2.45) is 0 Å². The van der Waals surface area contributed by atoms with Crippen LogP contribution in [0.5, 0.6) is 5.75 Å². The zero-order valence-corrected chi connectivity index (χ0v) is 16.4. The van der Waals surface area contributed by atoms with Gasteiger partial charge >= 0.3 is 0 Å². The number of nitrogens with zero attached hydrogens (tertiary/aromatic N) is 2. The number of ether oxygens (including phenoxy) is 1. The largest absolute Gasteiger partial charge is 0.481 e. The van der Waals surface area contributed by atoms with E-state index in [1.54, 1.807) is 0 Å². The van der Waals surface area contributed by atoms with Crippen LogP contribution in [0.15, 0.2) is 48.5 Å². The van der Waals surface area contributed by atoms with Crippen LogP contribution in [0, 0.1) is 6.92 Å². The number of para-hydroxylation sites is 1. The molecule has 2 aromatic rings. The Bertz CT molecular complexity index is 826. The highest BCUT2D eigenvalue weighted by atomic mass is 16.5. The molecule has 0 aliphatic carbocycles. The second kappa shape index (κ2) is 7.01. The van der Waals surface area contributed by atoms with Gasteiger partial charge in [-0.25, -0.2) is 0 Å². The summed E-state index contributed by atoms with van der Waals surface area (Å²) in [6, 6.07) is 16.1. The zero-order chi connectivity index (χ0) is 19.0. The fourth-order valence-electron chi connectivity index (χ4n) is 4.43. The summed E-state index contributed by atoms with van der Waals surface area (Å²) in [4.78, 5) is 17.6. The first kappa shape index (κ1) is 18.1. The van der Waals surface area contributed by atoms with Gasteiger partial charge < -0.3 is 14.5 Å². The van der Waals surface area contributed by atoms with Crippen molar-refractivity contribution in [2.45, 2.75) is 38.2 Å². The first-order chi connectivity index (χ1) is 13.0. The number of amides is 1. The SMILES string of the molecule is Cc1ccc2c(c1)C1(CCN(C)CC1)CN2C(=O)C(C)Oc1ccccc1. The van der Waals surface area contributed by atoms with E-state index >= 15 is 0 Å². The maximum atomic E-state index is 13.3. The summed E-state index contributed by atoms with van der Waals surface area (Å²) in [5, 5.41) is 0. The molecule has 2 heterocycles. The number of likely N-dealkylation sites (tertiary alicyclic amines) is 1. The minimum absolute atomic E-state index is 0.0414. The molecule has 1 saturated heterocycles. The number of aryl methyl sites for hydroxylation is 1. The van der Waals surface area contributed by atoms with E-state index in [1.807, 2.05) is 42.2 Å². The Kier molecular flexibility index (Phi) is 4.68. The van der Waals surface area contributed by atoms with Gasteiger partial charge in [-0.05, 0) is 70.6 Å². The van der Waals surface area contributed by atoms with E-state index in [-0.39, 0.29) is 11.3 Å². The summed E-state index contributed by atoms with van der Waals surface area (Å²) < 4.78 is 5.92. The Balaban J connectivity index is 1.61. The Morgan fingerprint density at radius 1 is 1.11 bits per heavy atom. The van der Waals surface area contributed by atoms with Gasteiger partial charge in [0, 0.05) is 17.6 Å². The molecular weight excluding hydrogens is 336 g/mol. The molecule has 0 aromatic heterocycles. The molecule has 1 spiro atoms. The van der Waals surface area contributed by atoms with Gasteiger partial charge in [-0.1, -0.05) is 35.9 Å². The Hall–Kier alpha value is -2.33. The van der Waals surface area contributed by atoms with E-state index in [0.717, 1.165) is 43.9 Å². The Morgan fingerprint density at radius 2 is 1.81 bits per heavy atom. The molecule has 2 aliphatic rings. The molecule has 27 heavy (non-hydrogen) atoms. The smallest absolute Gasteiger partial charge is 0.267 e. The van der Waals surface area contributed by atoms with E-state index in [0.29, 0.717) is 0 Å². The predicted molar refractivity (Wildman–Crippen MR) is 108 cm³/mol. The van der Waals surface area contributed by atoms with Crippen LogP contribution in [0.4, 0.5) is 5.69 Å². The lowest BCUT2D eigenvalue weighted by Crippen LogP contribution is -2.47. The molecule has 1 amide bonds. The highest BCUT2D eigenvalue weighted by Crippen LogP contribution is 2.47. The maximum absolute atomic E-state index is 13.3. The zero-order valence-electron chi connectivity index (χ0n) is 16.4. The molecular formula is C23H28N2O2. The summed E-state index contributed by atoms with van der Waals surface area (Å²) >= 11 is 0. The van der Waals surface area contributed by atoms with Crippen LogP contribution in [0.25, 0.3) is 0 Å². The summed E-state index contributed by atoms with van der Waals surface area (Å²) in [5.74, 6) is 0.774. The van der Waals surface area contributed by atoms with Crippen LogP contribution in [0.3, 0.4) is 0 Å². The normalized spacial score (nSPS) is 19.7. The van der Waals surface area contributed by atoms with E-state index in [1.165, 1.54) is 11.1 Å². The topological polar surface area (TPSA) is 32.8 Å².